The Labute approximate surface area is 143 Å². The van der Waals surface area contributed by atoms with Gasteiger partial charge in [-0.1, -0.05) is 18.2 Å². The second-order valence-electron chi connectivity index (χ2n) is 5.35. The van der Waals surface area contributed by atoms with Crippen LogP contribution >= 0.6 is 0 Å². The summed E-state index contributed by atoms with van der Waals surface area (Å²) in [5.74, 6) is 2.22. The molecular formula is C19H14N4O2. The Bertz CT molecular complexity index is 1010. The van der Waals surface area contributed by atoms with E-state index in [1.54, 1.807) is 6.20 Å². The van der Waals surface area contributed by atoms with Gasteiger partial charge in [0.15, 0.2) is 12.1 Å². The lowest BCUT2D eigenvalue weighted by atomic mass is 10.3. The first-order valence-corrected chi connectivity index (χ1v) is 7.72. The number of carbonyl (C=O) groups excluding carboxylic acids is 1. The highest BCUT2D eigenvalue weighted by atomic mass is 16.5. The fourth-order valence-corrected chi connectivity index (χ4v) is 2.47. The van der Waals surface area contributed by atoms with Crippen LogP contribution in [0, 0.1) is 0 Å². The molecule has 2 N–H and O–H groups in total. The van der Waals surface area contributed by atoms with E-state index >= 15 is 0 Å². The molecule has 122 valence electrons. The zero-order chi connectivity index (χ0) is 17.1. The second-order valence-corrected chi connectivity index (χ2v) is 5.35. The van der Waals surface area contributed by atoms with E-state index in [-0.39, 0.29) is 5.82 Å². The average Bonchev–Trinajstić information content (AvgIpc) is 3.13. The van der Waals surface area contributed by atoms with E-state index in [1.807, 2.05) is 60.7 Å². The van der Waals surface area contributed by atoms with Crippen molar-refractivity contribution in [3.05, 3.63) is 72.7 Å². The highest BCUT2D eigenvalue weighted by molar-refractivity contribution is 5.91. The normalized spacial score (nSPS) is 10.6. The van der Waals surface area contributed by atoms with Crippen molar-refractivity contribution in [2.75, 3.05) is 5.32 Å². The number of anilines is 2. The Morgan fingerprint density at radius 3 is 2.44 bits per heavy atom. The van der Waals surface area contributed by atoms with E-state index in [0.29, 0.717) is 17.8 Å². The first kappa shape index (κ1) is 14.9. The minimum Gasteiger partial charge on any atom is -0.457 e. The van der Waals surface area contributed by atoms with Crippen molar-refractivity contribution < 1.29 is 9.53 Å². The molecule has 0 aliphatic rings. The van der Waals surface area contributed by atoms with E-state index in [2.05, 4.69) is 20.3 Å². The third kappa shape index (κ3) is 3.18. The number of nitrogens with zero attached hydrogens (tertiary/aromatic N) is 2. The highest BCUT2D eigenvalue weighted by Gasteiger charge is 2.08. The van der Waals surface area contributed by atoms with Crippen LogP contribution in [0.4, 0.5) is 11.5 Å². The molecule has 25 heavy (non-hydrogen) atoms. The molecule has 0 aliphatic heterocycles. The van der Waals surface area contributed by atoms with Crippen molar-refractivity contribution >= 4 is 28.8 Å². The van der Waals surface area contributed by atoms with Gasteiger partial charge in [0.2, 0.25) is 0 Å². The van der Waals surface area contributed by atoms with Crippen LogP contribution in [-0.4, -0.2) is 21.2 Å². The number of hydrogen-bond donors (Lipinski definition) is 2. The summed E-state index contributed by atoms with van der Waals surface area (Å²) in [7, 11) is 0. The van der Waals surface area contributed by atoms with Crippen LogP contribution in [0.1, 0.15) is 10.6 Å². The van der Waals surface area contributed by atoms with E-state index in [9.17, 15) is 4.79 Å². The fourth-order valence-electron chi connectivity index (χ4n) is 2.47. The number of nitrogens with one attached hydrogen (secondary N) is 2. The number of carbonyl (C=O) groups is 1. The molecule has 0 saturated heterocycles. The molecule has 0 spiro atoms. The fraction of sp³-hybridized carbons (Fsp3) is 0. The van der Waals surface area contributed by atoms with Gasteiger partial charge >= 0.3 is 0 Å². The summed E-state index contributed by atoms with van der Waals surface area (Å²) >= 11 is 0. The van der Waals surface area contributed by atoms with Crippen molar-refractivity contribution in [2.45, 2.75) is 0 Å². The van der Waals surface area contributed by atoms with Crippen molar-refractivity contribution in [1.29, 1.82) is 0 Å². The minimum absolute atomic E-state index is 0.126. The van der Waals surface area contributed by atoms with Gasteiger partial charge in [-0.3, -0.25) is 4.79 Å². The zero-order valence-electron chi connectivity index (χ0n) is 13.1. The summed E-state index contributed by atoms with van der Waals surface area (Å²) in [4.78, 5) is 22.4. The molecular weight excluding hydrogens is 316 g/mol. The van der Waals surface area contributed by atoms with Crippen molar-refractivity contribution in [1.82, 2.24) is 15.0 Å². The topological polar surface area (TPSA) is 79.9 Å². The van der Waals surface area contributed by atoms with Crippen LogP contribution in [0.15, 0.2) is 66.9 Å². The van der Waals surface area contributed by atoms with E-state index in [1.165, 1.54) is 0 Å². The molecule has 0 fully saturated rings. The van der Waals surface area contributed by atoms with Gasteiger partial charge < -0.3 is 15.0 Å². The molecule has 0 unspecified atom stereocenters. The van der Waals surface area contributed by atoms with Crippen LogP contribution in [0.25, 0.3) is 11.0 Å². The molecule has 4 aromatic rings. The monoisotopic (exact) mass is 330 g/mol. The SMILES string of the molecule is O=Cc1nc(Nc2ccc(Oc3ccccc3)cc2)c2cc[nH]c2n1. The van der Waals surface area contributed by atoms with Gasteiger partial charge in [0, 0.05) is 11.9 Å². The number of aldehydes is 1. The maximum Gasteiger partial charge on any atom is 0.196 e. The highest BCUT2D eigenvalue weighted by Crippen LogP contribution is 2.26. The van der Waals surface area contributed by atoms with Crippen LogP contribution in [0.5, 0.6) is 11.5 Å². The van der Waals surface area contributed by atoms with Gasteiger partial charge in [0.25, 0.3) is 0 Å². The molecule has 0 aliphatic carbocycles. The van der Waals surface area contributed by atoms with Gasteiger partial charge in [-0.15, -0.1) is 0 Å². The minimum atomic E-state index is 0.126. The molecule has 6 heteroatoms. The standard InChI is InChI=1S/C19H14N4O2/c24-12-17-22-18-16(10-11-20-18)19(23-17)21-13-6-8-15(9-7-13)25-14-4-2-1-3-5-14/h1-12H,(H2,20,21,22,23). The van der Waals surface area contributed by atoms with Crippen LogP contribution in [-0.2, 0) is 0 Å². The smallest absolute Gasteiger partial charge is 0.196 e. The van der Waals surface area contributed by atoms with Crippen molar-refractivity contribution in [3.8, 4) is 11.5 Å². The summed E-state index contributed by atoms with van der Waals surface area (Å²) in [6, 6.07) is 19.0. The lowest BCUT2D eigenvalue weighted by Crippen LogP contribution is -2.00. The summed E-state index contributed by atoms with van der Waals surface area (Å²) in [6.45, 7) is 0. The Kier molecular flexibility index (Phi) is 3.84. The van der Waals surface area contributed by atoms with E-state index in [0.717, 1.165) is 22.6 Å². The number of aromatic amines is 1. The molecule has 0 amide bonds. The Hall–Kier alpha value is -3.67. The van der Waals surface area contributed by atoms with Gasteiger partial charge in [-0.2, -0.15) is 0 Å². The van der Waals surface area contributed by atoms with E-state index in [4.69, 9.17) is 4.74 Å². The molecule has 0 saturated carbocycles. The molecule has 2 aromatic carbocycles. The summed E-state index contributed by atoms with van der Waals surface area (Å²) in [6.07, 6.45) is 2.39. The predicted molar refractivity (Wildman–Crippen MR) is 95.5 cm³/mol. The maximum atomic E-state index is 11.0. The lowest BCUT2D eigenvalue weighted by molar-refractivity contribution is 0.111. The molecule has 6 nitrogen and oxygen atoms in total. The maximum absolute atomic E-state index is 11.0. The largest absolute Gasteiger partial charge is 0.457 e. The number of rotatable bonds is 5. The Morgan fingerprint density at radius 1 is 0.920 bits per heavy atom. The second kappa shape index (κ2) is 6.45. The van der Waals surface area contributed by atoms with Gasteiger partial charge in [0.1, 0.15) is 23.0 Å². The number of aromatic nitrogens is 3. The predicted octanol–water partition coefficient (Wildman–Crippen LogP) is 4.31. The first-order chi connectivity index (χ1) is 12.3. The number of para-hydroxylation sites is 1. The van der Waals surface area contributed by atoms with Crippen LogP contribution in [0.2, 0.25) is 0 Å². The molecule has 0 atom stereocenters. The van der Waals surface area contributed by atoms with Gasteiger partial charge in [0.05, 0.1) is 5.39 Å². The number of ether oxygens (including phenoxy) is 1. The summed E-state index contributed by atoms with van der Waals surface area (Å²) < 4.78 is 5.77. The lowest BCUT2D eigenvalue weighted by Gasteiger charge is -2.09. The molecule has 2 aromatic heterocycles. The Morgan fingerprint density at radius 2 is 1.68 bits per heavy atom. The molecule has 4 rings (SSSR count). The van der Waals surface area contributed by atoms with Crippen LogP contribution in [0.3, 0.4) is 0 Å². The average molecular weight is 330 g/mol. The van der Waals surface area contributed by atoms with Gasteiger partial charge in [-0.05, 0) is 42.5 Å². The van der Waals surface area contributed by atoms with Crippen LogP contribution < -0.4 is 10.1 Å². The molecule has 0 radical (unpaired) electrons. The quantitative estimate of drug-likeness (QED) is 0.533. The number of fused-ring (bicyclic) bond motifs is 1. The summed E-state index contributed by atoms with van der Waals surface area (Å²) in [5, 5.41) is 4.03. The third-order valence-electron chi connectivity index (χ3n) is 3.63. The summed E-state index contributed by atoms with van der Waals surface area (Å²) in [5.41, 5.74) is 1.45. The molecule has 0 bridgehead atoms. The number of H-pyrrole nitrogens is 1. The Balaban J connectivity index is 1.57. The van der Waals surface area contributed by atoms with E-state index < -0.39 is 0 Å². The zero-order valence-corrected chi connectivity index (χ0v) is 13.1. The van der Waals surface area contributed by atoms with Crippen molar-refractivity contribution in [2.24, 2.45) is 0 Å². The third-order valence-corrected chi connectivity index (χ3v) is 3.63. The first-order valence-electron chi connectivity index (χ1n) is 7.72. The van der Waals surface area contributed by atoms with Gasteiger partial charge in [-0.25, -0.2) is 9.97 Å². The number of benzene rings is 2. The number of hydrogen-bond acceptors (Lipinski definition) is 5. The molecule has 2 heterocycles. The van der Waals surface area contributed by atoms with Crippen molar-refractivity contribution in [3.63, 3.8) is 0 Å².